The number of dihydropyridines is 1. The van der Waals surface area contributed by atoms with Gasteiger partial charge in [-0.1, -0.05) is 43.2 Å². The van der Waals surface area contributed by atoms with E-state index in [1.807, 2.05) is 46.8 Å². The minimum atomic E-state index is -2.16. The molecule has 2 bridgehead atoms. The highest BCUT2D eigenvalue weighted by Gasteiger charge is 2.76. The molecular formula is C42H51N3O7. The van der Waals surface area contributed by atoms with Crippen molar-refractivity contribution in [3.8, 4) is 23.3 Å². The Balaban J connectivity index is 1.69. The van der Waals surface area contributed by atoms with Crippen molar-refractivity contribution in [1.29, 1.82) is 5.26 Å². The number of ether oxygens (including phenoxy) is 3. The molecule has 276 valence electrons. The molecule has 1 aromatic carbocycles. The molecule has 52 heavy (non-hydrogen) atoms. The van der Waals surface area contributed by atoms with E-state index in [4.69, 9.17) is 19.9 Å². The van der Waals surface area contributed by atoms with Crippen LogP contribution >= 0.6 is 0 Å². The lowest BCUT2D eigenvalue weighted by atomic mass is 9.43. The molecule has 1 aromatic rings. The smallest absolute Gasteiger partial charge is 0.333 e. The van der Waals surface area contributed by atoms with Crippen molar-refractivity contribution >= 4 is 23.5 Å². The number of nitrogens with two attached hydrogens (primary N) is 1. The van der Waals surface area contributed by atoms with Crippen LogP contribution in [-0.4, -0.2) is 45.9 Å². The van der Waals surface area contributed by atoms with Gasteiger partial charge in [0.25, 0.3) is 0 Å². The summed E-state index contributed by atoms with van der Waals surface area (Å²) in [6.07, 6.45) is 11.5. The van der Waals surface area contributed by atoms with Gasteiger partial charge < -0.3 is 35.5 Å². The Bertz CT molecular complexity index is 1980. The number of aliphatic hydroxyl groups is 1. The zero-order chi connectivity index (χ0) is 38.1. The fraction of sp³-hybridized carbons (Fsp3) is 0.500. The van der Waals surface area contributed by atoms with Gasteiger partial charge in [-0.25, -0.2) is 4.79 Å². The second-order valence-corrected chi connectivity index (χ2v) is 16.0. The number of esters is 1. The summed E-state index contributed by atoms with van der Waals surface area (Å²) >= 11 is 0. The second-order valence-electron chi connectivity index (χ2n) is 16.0. The maximum Gasteiger partial charge on any atom is 0.333 e. The Morgan fingerprint density at radius 2 is 1.85 bits per heavy atom. The minimum absolute atomic E-state index is 0.0854. The maximum absolute atomic E-state index is 14.8. The number of allylic oxidation sites excluding steroid dienone is 5. The number of aromatic hydroxyl groups is 1. The Labute approximate surface area is 306 Å². The van der Waals surface area contributed by atoms with E-state index in [9.17, 15) is 25.1 Å². The van der Waals surface area contributed by atoms with Gasteiger partial charge in [0.1, 0.15) is 28.7 Å². The third kappa shape index (κ3) is 5.39. The fourth-order valence-corrected chi connectivity index (χ4v) is 9.03. The van der Waals surface area contributed by atoms with Gasteiger partial charge in [0.2, 0.25) is 0 Å². The summed E-state index contributed by atoms with van der Waals surface area (Å²) in [6.45, 7) is 15.8. The van der Waals surface area contributed by atoms with Gasteiger partial charge in [0, 0.05) is 40.9 Å². The van der Waals surface area contributed by atoms with Crippen LogP contribution in [0.1, 0.15) is 97.8 Å². The van der Waals surface area contributed by atoms with E-state index in [2.05, 4.69) is 37.4 Å². The van der Waals surface area contributed by atoms with Crippen LogP contribution in [0.5, 0.6) is 17.2 Å². The number of methoxy groups -OCH3 is 1. The molecule has 6 aliphatic rings. The monoisotopic (exact) mass is 709 g/mol. The van der Waals surface area contributed by atoms with Crippen LogP contribution in [0.15, 0.2) is 58.0 Å². The summed E-state index contributed by atoms with van der Waals surface area (Å²) < 4.78 is 19.1. The molecule has 3 aliphatic carbocycles. The number of hydrogen-bond acceptors (Lipinski definition) is 10. The first-order valence-corrected chi connectivity index (χ1v) is 18.2. The number of ketones is 1. The Kier molecular flexibility index (Phi) is 9.28. The molecule has 10 nitrogen and oxygen atoms in total. The van der Waals surface area contributed by atoms with Gasteiger partial charge in [0.15, 0.2) is 17.0 Å². The highest BCUT2D eigenvalue weighted by molar-refractivity contribution is 6.00. The number of fused-ring (bicyclic) bond motifs is 5. The number of nitriles is 1. The number of benzene rings is 1. The SMILES string of the molecule is COC(=O)/C(C)=C\CC1(O)C(=O)C2CC(C(C)C)C13Oc1c(CC=C(C)C)c4c(c(O)c1C1=C3C2C(C#N)=C(N)N1)C=CC(C)(CCC=C(C)C)O4. The summed E-state index contributed by atoms with van der Waals surface area (Å²) in [7, 11) is 1.28. The zero-order valence-corrected chi connectivity index (χ0v) is 31.7. The van der Waals surface area contributed by atoms with E-state index >= 15 is 0 Å². The van der Waals surface area contributed by atoms with Crippen LogP contribution in [0, 0.1) is 35.0 Å². The van der Waals surface area contributed by atoms with E-state index in [-0.39, 0.29) is 40.8 Å². The van der Waals surface area contributed by atoms with Crippen molar-refractivity contribution in [3.63, 3.8) is 0 Å². The van der Waals surface area contributed by atoms with Crippen LogP contribution in [0.2, 0.25) is 0 Å². The van der Waals surface area contributed by atoms with Crippen molar-refractivity contribution in [2.75, 3.05) is 7.11 Å². The van der Waals surface area contributed by atoms with Crippen molar-refractivity contribution in [2.24, 2.45) is 29.4 Å². The Morgan fingerprint density at radius 1 is 1.15 bits per heavy atom. The van der Waals surface area contributed by atoms with E-state index < -0.39 is 46.3 Å². The molecule has 0 amide bonds. The molecule has 3 aliphatic heterocycles. The number of carbonyl (C=O) groups excluding carboxylic acids is 2. The Morgan fingerprint density at radius 3 is 2.46 bits per heavy atom. The standard InChI is InChI=1S/C42H51N3O7/c1-21(2)11-10-16-40(8)17-15-25-34(46)31-33-32-30(28(20-43)38(44)45-33)27-19-29(23(5)6)42(32,41(49,37(27)47)18-14-24(7)39(48)50-9)52-36(31)26(35(25)51-40)13-12-22(3)4/h11-12,14-15,17,23,27,29-30,45-46,49H,10,13,16,18-19,44H2,1-9H3/b24-14-. The number of nitrogens with zero attached hydrogens (tertiary/aromatic N) is 1. The third-order valence-electron chi connectivity index (χ3n) is 11.6. The average Bonchev–Trinajstić information content (AvgIpc) is 3.08. The summed E-state index contributed by atoms with van der Waals surface area (Å²) in [5.41, 5.74) is 7.14. The van der Waals surface area contributed by atoms with Crippen LogP contribution < -0.4 is 20.5 Å². The fourth-order valence-electron chi connectivity index (χ4n) is 9.03. The van der Waals surface area contributed by atoms with E-state index in [0.717, 1.165) is 12.0 Å². The number of phenols is 1. The largest absolute Gasteiger partial charge is 0.506 e. The maximum atomic E-state index is 14.8. The quantitative estimate of drug-likeness (QED) is 0.124. The first-order chi connectivity index (χ1) is 24.5. The highest BCUT2D eigenvalue weighted by atomic mass is 16.5. The summed E-state index contributed by atoms with van der Waals surface area (Å²) in [6, 6.07) is 2.24. The third-order valence-corrected chi connectivity index (χ3v) is 11.6. The van der Waals surface area contributed by atoms with Gasteiger partial charge >= 0.3 is 5.97 Å². The van der Waals surface area contributed by atoms with Gasteiger partial charge in [-0.3, -0.25) is 4.79 Å². The minimum Gasteiger partial charge on any atom is -0.506 e. The van der Waals surface area contributed by atoms with Gasteiger partial charge in [0.05, 0.1) is 35.6 Å². The number of carbonyl (C=O) groups is 2. The second kappa shape index (κ2) is 13.0. The molecule has 3 saturated carbocycles. The number of nitrogens with one attached hydrogen (secondary N) is 1. The normalized spacial score (nSPS) is 29.6. The predicted molar refractivity (Wildman–Crippen MR) is 198 cm³/mol. The lowest BCUT2D eigenvalue weighted by molar-refractivity contribution is -0.209. The zero-order valence-electron chi connectivity index (χ0n) is 31.7. The molecule has 5 N–H and O–H groups in total. The van der Waals surface area contributed by atoms with Crippen LogP contribution in [0.25, 0.3) is 11.8 Å². The molecule has 1 spiro atoms. The molecular weight excluding hydrogens is 658 g/mol. The van der Waals surface area contributed by atoms with Crippen molar-refractivity contribution in [3.05, 3.63) is 74.7 Å². The first-order valence-electron chi connectivity index (χ1n) is 18.2. The molecule has 6 atom stereocenters. The summed E-state index contributed by atoms with van der Waals surface area (Å²) in [5.74, 6) is -2.41. The number of hydrogen-bond donors (Lipinski definition) is 4. The Hall–Kier alpha value is -4.75. The van der Waals surface area contributed by atoms with E-state index in [0.29, 0.717) is 53.0 Å². The first kappa shape index (κ1) is 37.0. The van der Waals surface area contributed by atoms with Gasteiger partial charge in [-0.15, -0.1) is 0 Å². The molecule has 0 aromatic heterocycles. The van der Waals surface area contributed by atoms with Crippen molar-refractivity contribution in [2.45, 2.75) is 104 Å². The number of rotatable bonds is 9. The lowest BCUT2D eigenvalue weighted by Gasteiger charge is -2.65. The van der Waals surface area contributed by atoms with Crippen molar-refractivity contribution < 1.29 is 34.0 Å². The van der Waals surface area contributed by atoms with Gasteiger partial charge in [-0.05, 0) is 85.3 Å². The number of Topliss-reactive ketones (excluding diaryl/α,β-unsaturated/α-hetero) is 1. The molecule has 3 heterocycles. The molecule has 10 heteroatoms. The van der Waals surface area contributed by atoms with E-state index in [1.54, 1.807) is 6.92 Å². The molecule has 7 rings (SSSR count). The highest BCUT2D eigenvalue weighted by Crippen LogP contribution is 2.68. The summed E-state index contributed by atoms with van der Waals surface area (Å²) in [5, 5.41) is 39.1. The van der Waals surface area contributed by atoms with Crippen LogP contribution in [0.3, 0.4) is 0 Å². The van der Waals surface area contributed by atoms with Gasteiger partial charge in [-0.2, -0.15) is 5.26 Å². The topological polar surface area (TPSA) is 164 Å². The average molecular weight is 710 g/mol. The van der Waals surface area contributed by atoms with Crippen LogP contribution in [0.4, 0.5) is 0 Å². The van der Waals surface area contributed by atoms with Crippen LogP contribution in [-0.2, 0) is 20.7 Å². The molecule has 3 fully saturated rings. The van der Waals surface area contributed by atoms with Crippen molar-refractivity contribution in [1.82, 2.24) is 5.32 Å². The molecule has 0 radical (unpaired) electrons. The lowest BCUT2D eigenvalue weighted by Crippen LogP contribution is -2.78. The molecule has 0 saturated heterocycles. The predicted octanol–water partition coefficient (Wildman–Crippen LogP) is 6.68. The number of phenolic OH excluding ortho intramolecular Hbond substituents is 1. The van der Waals surface area contributed by atoms with E-state index in [1.165, 1.54) is 18.8 Å². The summed E-state index contributed by atoms with van der Waals surface area (Å²) in [4.78, 5) is 27.3. The molecule has 6 unspecified atom stereocenters.